The number of nitrogens with zero attached hydrogens (tertiary/aromatic N) is 1. The Morgan fingerprint density at radius 1 is 1.06 bits per heavy atom. The minimum atomic E-state index is -4.39. The minimum Gasteiger partial charge on any atom is -0.456 e. The number of aromatic nitrogens is 1. The first-order valence-electron chi connectivity index (χ1n) is 4.92. The average molecular weight is 274 g/mol. The van der Waals surface area contributed by atoms with E-state index in [2.05, 4.69) is 4.98 Å². The molecule has 0 aliphatic heterocycles. The second kappa shape index (κ2) is 4.86. The van der Waals surface area contributed by atoms with Gasteiger partial charge in [-0.1, -0.05) is 17.7 Å². The molecule has 94 valence electrons. The van der Waals surface area contributed by atoms with Crippen LogP contribution < -0.4 is 4.74 Å². The van der Waals surface area contributed by atoms with E-state index in [-0.39, 0.29) is 10.9 Å². The highest BCUT2D eigenvalue weighted by Gasteiger charge is 2.30. The van der Waals surface area contributed by atoms with Gasteiger partial charge in [0, 0.05) is 0 Å². The molecule has 1 aromatic heterocycles. The van der Waals surface area contributed by atoms with Crippen molar-refractivity contribution < 1.29 is 17.9 Å². The van der Waals surface area contributed by atoms with Crippen LogP contribution in [-0.2, 0) is 6.18 Å². The summed E-state index contributed by atoms with van der Waals surface area (Å²) in [5.41, 5.74) is -0.762. The predicted molar refractivity (Wildman–Crippen MR) is 60.8 cm³/mol. The lowest BCUT2D eigenvalue weighted by Crippen LogP contribution is -2.04. The molecular weight excluding hydrogens is 267 g/mol. The highest BCUT2D eigenvalue weighted by Crippen LogP contribution is 2.32. The largest absolute Gasteiger partial charge is 0.456 e. The van der Waals surface area contributed by atoms with Gasteiger partial charge in [0.15, 0.2) is 0 Å². The Bertz CT molecular complexity index is 540. The molecule has 0 spiro atoms. The van der Waals surface area contributed by atoms with Crippen molar-refractivity contribution in [1.29, 1.82) is 0 Å². The Labute approximate surface area is 106 Å². The molecule has 2 aromatic rings. The standard InChI is InChI=1S/C12H7ClF3NO/c13-11-5-4-10(7-17-11)18-9-3-1-2-8(6-9)12(14,15)16/h1-7H. The molecule has 0 fully saturated rings. The smallest absolute Gasteiger partial charge is 0.416 e. The van der Waals surface area contributed by atoms with E-state index in [0.717, 1.165) is 12.1 Å². The first-order chi connectivity index (χ1) is 8.45. The third-order valence-electron chi connectivity index (χ3n) is 2.10. The van der Waals surface area contributed by atoms with Crippen LogP contribution in [0.4, 0.5) is 13.2 Å². The van der Waals surface area contributed by atoms with Crippen LogP contribution in [0.3, 0.4) is 0 Å². The van der Waals surface area contributed by atoms with Crippen LogP contribution in [0.2, 0.25) is 5.15 Å². The quantitative estimate of drug-likeness (QED) is 0.749. The zero-order valence-electron chi connectivity index (χ0n) is 8.91. The minimum absolute atomic E-state index is 0.0916. The Kier molecular flexibility index (Phi) is 3.43. The van der Waals surface area contributed by atoms with Crippen molar-refractivity contribution in [2.24, 2.45) is 0 Å². The van der Waals surface area contributed by atoms with Crippen LogP contribution in [0.5, 0.6) is 11.5 Å². The van der Waals surface area contributed by atoms with E-state index in [1.807, 2.05) is 0 Å². The zero-order valence-corrected chi connectivity index (χ0v) is 9.66. The van der Waals surface area contributed by atoms with Crippen LogP contribution in [0.15, 0.2) is 42.6 Å². The average Bonchev–Trinajstić information content (AvgIpc) is 2.31. The van der Waals surface area contributed by atoms with Gasteiger partial charge >= 0.3 is 6.18 Å². The molecule has 18 heavy (non-hydrogen) atoms. The van der Waals surface area contributed by atoms with Gasteiger partial charge in [-0.15, -0.1) is 0 Å². The highest BCUT2D eigenvalue weighted by molar-refractivity contribution is 6.29. The molecule has 2 rings (SSSR count). The lowest BCUT2D eigenvalue weighted by molar-refractivity contribution is -0.137. The number of benzene rings is 1. The van der Waals surface area contributed by atoms with E-state index in [1.54, 1.807) is 0 Å². The fourth-order valence-corrected chi connectivity index (χ4v) is 1.41. The lowest BCUT2D eigenvalue weighted by Gasteiger charge is -2.09. The summed E-state index contributed by atoms with van der Waals surface area (Å²) >= 11 is 5.58. The van der Waals surface area contributed by atoms with Crippen LogP contribution in [0, 0.1) is 0 Å². The summed E-state index contributed by atoms with van der Waals surface area (Å²) in [4.78, 5) is 3.76. The van der Waals surface area contributed by atoms with Crippen molar-refractivity contribution in [3.8, 4) is 11.5 Å². The number of hydrogen-bond donors (Lipinski definition) is 0. The Hall–Kier alpha value is -1.75. The summed E-state index contributed by atoms with van der Waals surface area (Å²) in [7, 11) is 0. The molecular formula is C12H7ClF3NO. The first kappa shape index (κ1) is 12.7. The topological polar surface area (TPSA) is 22.1 Å². The monoisotopic (exact) mass is 273 g/mol. The summed E-state index contributed by atoms with van der Waals surface area (Å²) in [6.07, 6.45) is -3.06. The Morgan fingerprint density at radius 3 is 2.44 bits per heavy atom. The molecule has 0 radical (unpaired) electrons. The van der Waals surface area contributed by atoms with E-state index in [9.17, 15) is 13.2 Å². The fourth-order valence-electron chi connectivity index (χ4n) is 1.29. The van der Waals surface area contributed by atoms with Crippen molar-refractivity contribution in [2.75, 3.05) is 0 Å². The highest BCUT2D eigenvalue weighted by atomic mass is 35.5. The van der Waals surface area contributed by atoms with Crippen LogP contribution in [0.25, 0.3) is 0 Å². The van der Waals surface area contributed by atoms with Gasteiger partial charge in [0.25, 0.3) is 0 Å². The Morgan fingerprint density at radius 2 is 1.83 bits per heavy atom. The summed E-state index contributed by atoms with van der Waals surface area (Å²) in [6.45, 7) is 0. The Balaban J connectivity index is 2.22. The number of alkyl halides is 3. The molecule has 0 atom stereocenters. The van der Waals surface area contributed by atoms with Gasteiger partial charge in [0.1, 0.15) is 16.7 Å². The van der Waals surface area contributed by atoms with Gasteiger partial charge in [0.05, 0.1) is 11.8 Å². The molecule has 0 bridgehead atoms. The van der Waals surface area contributed by atoms with Crippen LogP contribution >= 0.6 is 11.6 Å². The number of rotatable bonds is 2. The molecule has 0 saturated carbocycles. The van der Waals surface area contributed by atoms with Gasteiger partial charge in [0.2, 0.25) is 0 Å². The maximum atomic E-state index is 12.5. The third kappa shape index (κ3) is 3.13. The summed E-state index contributed by atoms with van der Waals surface area (Å²) in [5, 5.41) is 0.284. The molecule has 1 heterocycles. The van der Waals surface area contributed by atoms with Crippen molar-refractivity contribution in [2.45, 2.75) is 6.18 Å². The molecule has 0 N–H and O–H groups in total. The van der Waals surface area contributed by atoms with Gasteiger partial charge in [-0.25, -0.2) is 4.98 Å². The van der Waals surface area contributed by atoms with E-state index in [4.69, 9.17) is 16.3 Å². The van der Waals surface area contributed by atoms with Crippen molar-refractivity contribution in [3.63, 3.8) is 0 Å². The number of hydrogen-bond acceptors (Lipinski definition) is 2. The molecule has 0 saturated heterocycles. The van der Waals surface area contributed by atoms with Gasteiger partial charge in [-0.3, -0.25) is 0 Å². The maximum absolute atomic E-state index is 12.5. The number of ether oxygens (including phenoxy) is 1. The van der Waals surface area contributed by atoms with Gasteiger partial charge < -0.3 is 4.74 Å². The third-order valence-corrected chi connectivity index (χ3v) is 2.32. The van der Waals surface area contributed by atoms with E-state index < -0.39 is 11.7 Å². The first-order valence-corrected chi connectivity index (χ1v) is 5.29. The number of halogens is 4. The van der Waals surface area contributed by atoms with E-state index in [1.165, 1.54) is 30.5 Å². The van der Waals surface area contributed by atoms with Crippen molar-refractivity contribution >= 4 is 11.6 Å². The second-order valence-corrected chi connectivity index (χ2v) is 3.83. The fraction of sp³-hybridized carbons (Fsp3) is 0.0833. The number of pyridine rings is 1. The van der Waals surface area contributed by atoms with Crippen LogP contribution in [0.1, 0.15) is 5.56 Å². The molecule has 0 amide bonds. The molecule has 2 nitrogen and oxygen atoms in total. The van der Waals surface area contributed by atoms with Gasteiger partial charge in [-0.2, -0.15) is 13.2 Å². The van der Waals surface area contributed by atoms with E-state index >= 15 is 0 Å². The van der Waals surface area contributed by atoms with E-state index in [0.29, 0.717) is 5.75 Å². The summed E-state index contributed by atoms with van der Waals surface area (Å²) < 4.78 is 42.7. The molecule has 1 aromatic carbocycles. The van der Waals surface area contributed by atoms with Crippen molar-refractivity contribution in [3.05, 3.63) is 53.3 Å². The normalized spacial score (nSPS) is 11.3. The zero-order chi connectivity index (χ0) is 13.2. The van der Waals surface area contributed by atoms with Crippen LogP contribution in [-0.4, -0.2) is 4.98 Å². The molecule has 6 heteroatoms. The maximum Gasteiger partial charge on any atom is 0.416 e. The molecule has 0 unspecified atom stereocenters. The van der Waals surface area contributed by atoms with Gasteiger partial charge in [-0.05, 0) is 30.3 Å². The summed E-state index contributed by atoms with van der Waals surface area (Å²) in [6, 6.07) is 7.63. The second-order valence-electron chi connectivity index (χ2n) is 3.44. The van der Waals surface area contributed by atoms with Crippen molar-refractivity contribution in [1.82, 2.24) is 4.98 Å². The summed E-state index contributed by atoms with van der Waals surface area (Å²) in [5.74, 6) is 0.410. The SMILES string of the molecule is FC(F)(F)c1cccc(Oc2ccc(Cl)nc2)c1. The predicted octanol–water partition coefficient (Wildman–Crippen LogP) is 4.55. The molecule has 0 aliphatic rings. The molecule has 0 aliphatic carbocycles. The lowest BCUT2D eigenvalue weighted by atomic mass is 10.2.